The van der Waals surface area contributed by atoms with Gasteiger partial charge in [-0.3, -0.25) is 9.59 Å². The molecule has 0 aliphatic carbocycles. The van der Waals surface area contributed by atoms with E-state index in [9.17, 15) is 9.59 Å². The van der Waals surface area contributed by atoms with Gasteiger partial charge in [0.15, 0.2) is 0 Å². The predicted molar refractivity (Wildman–Crippen MR) is 73.6 cm³/mol. The maximum absolute atomic E-state index is 11.9. The molecule has 4 heteroatoms. The Bertz CT molecular complexity index is 445. The van der Waals surface area contributed by atoms with Crippen LogP contribution in [0.5, 0.6) is 0 Å². The summed E-state index contributed by atoms with van der Waals surface area (Å²) in [5.41, 5.74) is 1.01. The van der Waals surface area contributed by atoms with Crippen LogP contribution in [-0.4, -0.2) is 35.8 Å². The molecule has 0 radical (unpaired) electrons. The molecule has 1 heterocycles. The molecule has 1 aromatic rings. The number of carbonyl (C=O) groups excluding carboxylic acids is 2. The number of carbonyl (C=O) groups is 2. The maximum atomic E-state index is 11.9. The monoisotopic (exact) mass is 260 g/mol. The van der Waals surface area contributed by atoms with E-state index >= 15 is 0 Å². The van der Waals surface area contributed by atoms with Gasteiger partial charge >= 0.3 is 0 Å². The van der Waals surface area contributed by atoms with Gasteiger partial charge in [-0.05, 0) is 18.4 Å². The van der Waals surface area contributed by atoms with Crippen LogP contribution in [0.1, 0.15) is 25.3 Å². The lowest BCUT2D eigenvalue weighted by Gasteiger charge is -2.32. The Balaban J connectivity index is 1.83. The van der Waals surface area contributed by atoms with Crippen LogP contribution in [0.4, 0.5) is 0 Å². The average molecular weight is 260 g/mol. The highest BCUT2D eigenvalue weighted by molar-refractivity contribution is 5.79. The Hall–Kier alpha value is -1.84. The minimum absolute atomic E-state index is 0.0293. The molecule has 0 spiro atoms. The van der Waals surface area contributed by atoms with Gasteiger partial charge in [0.1, 0.15) is 0 Å². The summed E-state index contributed by atoms with van der Waals surface area (Å²) in [6.07, 6.45) is 2.30. The lowest BCUT2D eigenvalue weighted by atomic mass is 10.0. The van der Waals surface area contributed by atoms with E-state index in [1.807, 2.05) is 30.3 Å². The molecule has 102 valence electrons. The van der Waals surface area contributed by atoms with E-state index in [0.717, 1.165) is 24.9 Å². The number of amides is 2. The Morgan fingerprint density at radius 2 is 2.05 bits per heavy atom. The first-order chi connectivity index (χ1) is 9.15. The van der Waals surface area contributed by atoms with Crippen molar-refractivity contribution in [1.82, 2.24) is 10.2 Å². The summed E-state index contributed by atoms with van der Waals surface area (Å²) in [7, 11) is 0. The van der Waals surface area contributed by atoms with Gasteiger partial charge in [0.25, 0.3) is 0 Å². The third-order valence-electron chi connectivity index (χ3n) is 3.44. The Morgan fingerprint density at radius 1 is 1.32 bits per heavy atom. The molecular formula is C15H20N2O2. The molecule has 1 aliphatic rings. The molecule has 1 N–H and O–H groups in total. The molecule has 1 aromatic carbocycles. The molecular weight excluding hydrogens is 240 g/mol. The lowest BCUT2D eigenvalue weighted by Crippen LogP contribution is -2.49. The SMILES string of the molecule is CC(=O)N1CCCC(NC(=O)Cc2ccccc2)C1. The van der Waals surface area contributed by atoms with Crippen LogP contribution in [0, 0.1) is 0 Å². The fourth-order valence-corrected chi connectivity index (χ4v) is 2.44. The summed E-state index contributed by atoms with van der Waals surface area (Å²) in [5, 5.41) is 3.02. The Kier molecular flexibility index (Phi) is 4.55. The second-order valence-corrected chi connectivity index (χ2v) is 5.03. The number of hydrogen-bond donors (Lipinski definition) is 1. The minimum atomic E-state index is 0.0293. The lowest BCUT2D eigenvalue weighted by molar-refractivity contribution is -0.131. The average Bonchev–Trinajstić information content (AvgIpc) is 2.40. The van der Waals surface area contributed by atoms with Crippen molar-refractivity contribution in [3.8, 4) is 0 Å². The van der Waals surface area contributed by atoms with Crippen LogP contribution >= 0.6 is 0 Å². The summed E-state index contributed by atoms with van der Waals surface area (Å²) in [5.74, 6) is 0.114. The molecule has 2 rings (SSSR count). The van der Waals surface area contributed by atoms with Gasteiger partial charge in [0, 0.05) is 26.1 Å². The van der Waals surface area contributed by atoms with Crippen molar-refractivity contribution in [3.63, 3.8) is 0 Å². The molecule has 1 atom stereocenters. The summed E-state index contributed by atoms with van der Waals surface area (Å²) in [4.78, 5) is 25.1. The van der Waals surface area contributed by atoms with E-state index in [4.69, 9.17) is 0 Å². The highest BCUT2D eigenvalue weighted by atomic mass is 16.2. The van der Waals surface area contributed by atoms with Crippen LogP contribution in [0.15, 0.2) is 30.3 Å². The van der Waals surface area contributed by atoms with Gasteiger partial charge in [0.2, 0.25) is 11.8 Å². The van der Waals surface area contributed by atoms with Crippen molar-refractivity contribution in [1.29, 1.82) is 0 Å². The molecule has 1 aliphatic heterocycles. The van der Waals surface area contributed by atoms with E-state index in [2.05, 4.69) is 5.32 Å². The standard InChI is InChI=1S/C15H20N2O2/c1-12(18)17-9-5-8-14(11-17)16-15(19)10-13-6-3-2-4-7-13/h2-4,6-7,14H,5,8-11H2,1H3,(H,16,19). The van der Waals surface area contributed by atoms with Crippen LogP contribution in [0.25, 0.3) is 0 Å². The molecule has 1 unspecified atom stereocenters. The van der Waals surface area contributed by atoms with E-state index in [-0.39, 0.29) is 17.9 Å². The molecule has 1 fully saturated rings. The van der Waals surface area contributed by atoms with Gasteiger partial charge in [-0.2, -0.15) is 0 Å². The zero-order valence-corrected chi connectivity index (χ0v) is 11.3. The number of hydrogen-bond acceptors (Lipinski definition) is 2. The van der Waals surface area contributed by atoms with Crippen molar-refractivity contribution in [2.75, 3.05) is 13.1 Å². The predicted octanol–water partition coefficient (Wildman–Crippen LogP) is 1.36. The number of benzene rings is 1. The maximum Gasteiger partial charge on any atom is 0.224 e. The second kappa shape index (κ2) is 6.36. The fraction of sp³-hybridized carbons (Fsp3) is 0.467. The van der Waals surface area contributed by atoms with E-state index in [1.54, 1.807) is 11.8 Å². The first kappa shape index (κ1) is 13.6. The van der Waals surface area contributed by atoms with Crippen LogP contribution < -0.4 is 5.32 Å². The molecule has 19 heavy (non-hydrogen) atoms. The third-order valence-corrected chi connectivity index (χ3v) is 3.44. The second-order valence-electron chi connectivity index (χ2n) is 5.03. The van der Waals surface area contributed by atoms with Crippen molar-refractivity contribution < 1.29 is 9.59 Å². The van der Waals surface area contributed by atoms with Gasteiger partial charge in [-0.25, -0.2) is 0 Å². The molecule has 1 saturated heterocycles. The molecule has 2 amide bonds. The molecule has 0 aromatic heterocycles. The number of nitrogens with one attached hydrogen (secondary N) is 1. The van der Waals surface area contributed by atoms with Crippen molar-refractivity contribution in [2.24, 2.45) is 0 Å². The summed E-state index contributed by atoms with van der Waals surface area (Å²) in [6, 6.07) is 9.79. The Labute approximate surface area is 113 Å². The quantitative estimate of drug-likeness (QED) is 0.892. The normalized spacial score (nSPS) is 19.0. The summed E-state index contributed by atoms with van der Waals surface area (Å²) < 4.78 is 0. The Morgan fingerprint density at radius 3 is 2.74 bits per heavy atom. The van der Waals surface area contributed by atoms with E-state index < -0.39 is 0 Å². The number of rotatable bonds is 3. The largest absolute Gasteiger partial charge is 0.351 e. The number of likely N-dealkylation sites (tertiary alicyclic amines) is 1. The summed E-state index contributed by atoms with van der Waals surface area (Å²) >= 11 is 0. The number of nitrogens with zero attached hydrogens (tertiary/aromatic N) is 1. The molecule has 0 bridgehead atoms. The van der Waals surface area contributed by atoms with Crippen molar-refractivity contribution >= 4 is 11.8 Å². The van der Waals surface area contributed by atoms with Crippen LogP contribution in [-0.2, 0) is 16.0 Å². The zero-order valence-electron chi connectivity index (χ0n) is 11.3. The topological polar surface area (TPSA) is 49.4 Å². The van der Waals surface area contributed by atoms with Gasteiger partial charge < -0.3 is 10.2 Å². The smallest absolute Gasteiger partial charge is 0.224 e. The number of piperidine rings is 1. The van der Waals surface area contributed by atoms with Crippen molar-refractivity contribution in [2.45, 2.75) is 32.2 Å². The van der Waals surface area contributed by atoms with Crippen LogP contribution in [0.2, 0.25) is 0 Å². The fourth-order valence-electron chi connectivity index (χ4n) is 2.44. The van der Waals surface area contributed by atoms with E-state index in [0.29, 0.717) is 13.0 Å². The van der Waals surface area contributed by atoms with Gasteiger partial charge in [-0.1, -0.05) is 30.3 Å². The van der Waals surface area contributed by atoms with Gasteiger partial charge in [0.05, 0.1) is 6.42 Å². The summed E-state index contributed by atoms with van der Waals surface area (Å²) in [6.45, 7) is 3.02. The van der Waals surface area contributed by atoms with Crippen LogP contribution in [0.3, 0.4) is 0 Å². The van der Waals surface area contributed by atoms with E-state index in [1.165, 1.54) is 0 Å². The van der Waals surface area contributed by atoms with Gasteiger partial charge in [-0.15, -0.1) is 0 Å². The zero-order chi connectivity index (χ0) is 13.7. The minimum Gasteiger partial charge on any atom is -0.351 e. The molecule has 4 nitrogen and oxygen atoms in total. The van der Waals surface area contributed by atoms with Crippen molar-refractivity contribution in [3.05, 3.63) is 35.9 Å². The highest BCUT2D eigenvalue weighted by Crippen LogP contribution is 2.10. The first-order valence-corrected chi connectivity index (χ1v) is 6.74. The molecule has 0 saturated carbocycles. The highest BCUT2D eigenvalue weighted by Gasteiger charge is 2.22. The third kappa shape index (κ3) is 4.09. The first-order valence-electron chi connectivity index (χ1n) is 6.74.